The number of ether oxygens (including phenoxy) is 2. The number of nitrogens with zero attached hydrogens (tertiary/aromatic N) is 5. The van der Waals surface area contributed by atoms with Gasteiger partial charge in [-0.25, -0.2) is 4.98 Å². The van der Waals surface area contributed by atoms with Crippen LogP contribution in [0.2, 0.25) is 0 Å². The molecule has 0 N–H and O–H groups in total. The molecule has 8 nitrogen and oxygen atoms in total. The molecular weight excluding hydrogens is 378 g/mol. The topological polar surface area (TPSA) is 82.4 Å². The predicted octanol–water partition coefficient (Wildman–Crippen LogP) is 2.67. The van der Waals surface area contributed by atoms with Crippen LogP contribution in [-0.2, 0) is 17.7 Å². The highest BCUT2D eigenvalue weighted by molar-refractivity contribution is 7.22. The van der Waals surface area contributed by atoms with E-state index >= 15 is 0 Å². The minimum absolute atomic E-state index is 0.0128. The first-order chi connectivity index (χ1) is 13.7. The third-order valence-electron chi connectivity index (χ3n) is 5.28. The van der Waals surface area contributed by atoms with E-state index in [4.69, 9.17) is 14.5 Å². The Kier molecular flexibility index (Phi) is 4.48. The fourth-order valence-corrected chi connectivity index (χ4v) is 4.85. The molecule has 0 spiro atoms. The summed E-state index contributed by atoms with van der Waals surface area (Å²) in [6.45, 7) is 1.98. The smallest absolute Gasteiger partial charge is 0.298 e. The third-order valence-corrected chi connectivity index (χ3v) is 6.32. The van der Waals surface area contributed by atoms with E-state index in [1.165, 1.54) is 11.3 Å². The van der Waals surface area contributed by atoms with Crippen LogP contribution in [0.15, 0.2) is 18.2 Å². The molecule has 28 heavy (non-hydrogen) atoms. The van der Waals surface area contributed by atoms with Gasteiger partial charge in [-0.05, 0) is 31.4 Å². The summed E-state index contributed by atoms with van der Waals surface area (Å²) in [7, 11) is 1.63. The molecule has 146 valence electrons. The lowest BCUT2D eigenvalue weighted by Gasteiger charge is -2.22. The molecule has 1 atom stereocenters. The Bertz CT molecular complexity index is 1020. The Labute approximate surface area is 166 Å². The number of aromatic nitrogens is 4. The zero-order valence-electron chi connectivity index (χ0n) is 15.6. The number of methoxy groups -OCH3 is 1. The predicted molar refractivity (Wildman–Crippen MR) is 105 cm³/mol. The van der Waals surface area contributed by atoms with Gasteiger partial charge in [-0.1, -0.05) is 17.4 Å². The maximum atomic E-state index is 13.5. The molecular formula is C19H21N5O3S. The lowest BCUT2D eigenvalue weighted by Crippen LogP contribution is -2.38. The van der Waals surface area contributed by atoms with Gasteiger partial charge in [0.25, 0.3) is 5.91 Å². The molecule has 3 aromatic rings. The van der Waals surface area contributed by atoms with Crippen molar-refractivity contribution >= 4 is 32.6 Å². The van der Waals surface area contributed by atoms with E-state index < -0.39 is 0 Å². The molecule has 5 rings (SSSR count). The number of hydrogen-bond acceptors (Lipinski definition) is 7. The van der Waals surface area contributed by atoms with Gasteiger partial charge < -0.3 is 14.0 Å². The first-order valence-corrected chi connectivity index (χ1v) is 10.4. The van der Waals surface area contributed by atoms with Gasteiger partial charge in [-0.15, -0.1) is 10.2 Å². The Hall–Kier alpha value is -2.52. The fraction of sp³-hybridized carbons (Fsp3) is 0.474. The second kappa shape index (κ2) is 7.14. The van der Waals surface area contributed by atoms with Crippen LogP contribution >= 0.6 is 11.3 Å². The number of fused-ring (bicyclic) bond motifs is 2. The standard InChI is InChI=1S/C19H21N5O3S/c1-26-13-6-2-7-14-16(13)20-19(28-14)24(11-12-5-4-10-27-12)18(25)17-22-21-15-8-3-9-23(15)17/h2,6-7,12H,3-5,8-11H2,1H3. The van der Waals surface area contributed by atoms with Crippen LogP contribution in [0.5, 0.6) is 5.75 Å². The lowest BCUT2D eigenvalue weighted by atomic mass is 10.2. The van der Waals surface area contributed by atoms with Gasteiger partial charge >= 0.3 is 0 Å². The van der Waals surface area contributed by atoms with Crippen molar-refractivity contribution in [2.45, 2.75) is 38.3 Å². The molecule has 1 saturated heterocycles. The number of benzene rings is 1. The zero-order valence-corrected chi connectivity index (χ0v) is 16.4. The van der Waals surface area contributed by atoms with Crippen LogP contribution in [-0.4, -0.2) is 52.0 Å². The number of aryl methyl sites for hydroxylation is 1. The normalized spacial score (nSPS) is 18.5. The van der Waals surface area contributed by atoms with Crippen molar-refractivity contribution in [1.29, 1.82) is 0 Å². The number of rotatable bonds is 5. The second-order valence-electron chi connectivity index (χ2n) is 7.05. The van der Waals surface area contributed by atoms with Crippen molar-refractivity contribution in [2.24, 2.45) is 0 Å². The van der Waals surface area contributed by atoms with E-state index in [0.29, 0.717) is 23.3 Å². The summed E-state index contributed by atoms with van der Waals surface area (Å²) >= 11 is 1.48. The summed E-state index contributed by atoms with van der Waals surface area (Å²) in [5.74, 6) is 1.80. The molecule has 1 fully saturated rings. The molecule has 1 unspecified atom stereocenters. The quantitative estimate of drug-likeness (QED) is 0.656. The van der Waals surface area contributed by atoms with Crippen LogP contribution in [0, 0.1) is 0 Å². The van der Waals surface area contributed by atoms with Gasteiger partial charge in [0, 0.05) is 19.6 Å². The average molecular weight is 399 g/mol. The van der Waals surface area contributed by atoms with Crippen molar-refractivity contribution in [1.82, 2.24) is 19.7 Å². The van der Waals surface area contributed by atoms with Crippen LogP contribution < -0.4 is 9.64 Å². The summed E-state index contributed by atoms with van der Waals surface area (Å²) < 4.78 is 14.1. The number of carbonyl (C=O) groups is 1. The third kappa shape index (κ3) is 2.94. The van der Waals surface area contributed by atoms with E-state index in [9.17, 15) is 4.79 Å². The number of carbonyl (C=O) groups excluding carboxylic acids is 1. The number of anilines is 1. The molecule has 0 aliphatic carbocycles. The van der Waals surface area contributed by atoms with Crippen LogP contribution in [0.3, 0.4) is 0 Å². The molecule has 4 heterocycles. The van der Waals surface area contributed by atoms with Crippen molar-refractivity contribution in [2.75, 3.05) is 25.2 Å². The van der Waals surface area contributed by atoms with Gasteiger partial charge in [-0.2, -0.15) is 0 Å². The molecule has 2 aliphatic heterocycles. The maximum absolute atomic E-state index is 13.5. The van der Waals surface area contributed by atoms with E-state index in [2.05, 4.69) is 10.2 Å². The Morgan fingerprint density at radius 2 is 2.32 bits per heavy atom. The molecule has 2 aromatic heterocycles. The van der Waals surface area contributed by atoms with Crippen molar-refractivity contribution in [3.05, 3.63) is 29.8 Å². The maximum Gasteiger partial charge on any atom is 0.298 e. The molecule has 0 bridgehead atoms. The Balaban J connectivity index is 1.55. The fourth-order valence-electron chi connectivity index (χ4n) is 3.86. The molecule has 0 saturated carbocycles. The molecule has 1 amide bonds. The number of hydrogen-bond donors (Lipinski definition) is 0. The van der Waals surface area contributed by atoms with E-state index in [1.807, 2.05) is 22.8 Å². The minimum Gasteiger partial charge on any atom is -0.494 e. The summed E-state index contributed by atoms with van der Waals surface area (Å²) in [5, 5.41) is 9.01. The largest absolute Gasteiger partial charge is 0.494 e. The number of thiazole rings is 1. The highest BCUT2D eigenvalue weighted by Gasteiger charge is 2.32. The van der Waals surface area contributed by atoms with Gasteiger partial charge in [-0.3, -0.25) is 9.69 Å². The average Bonchev–Trinajstić information content (AvgIpc) is 3.48. The van der Waals surface area contributed by atoms with Crippen LogP contribution in [0.25, 0.3) is 10.2 Å². The summed E-state index contributed by atoms with van der Waals surface area (Å²) in [6, 6.07) is 5.80. The summed E-state index contributed by atoms with van der Waals surface area (Å²) in [4.78, 5) is 19.9. The molecule has 9 heteroatoms. The van der Waals surface area contributed by atoms with Crippen LogP contribution in [0.1, 0.15) is 35.7 Å². The van der Waals surface area contributed by atoms with Gasteiger partial charge in [0.2, 0.25) is 5.82 Å². The Morgan fingerprint density at radius 3 is 3.14 bits per heavy atom. The molecule has 2 aliphatic rings. The SMILES string of the molecule is COc1cccc2sc(N(CC3CCCO3)C(=O)c3nnc4n3CCC4)nc12. The number of para-hydroxylation sites is 1. The van der Waals surface area contributed by atoms with Crippen molar-refractivity contribution in [3.63, 3.8) is 0 Å². The van der Waals surface area contributed by atoms with E-state index in [0.717, 1.165) is 54.9 Å². The highest BCUT2D eigenvalue weighted by atomic mass is 32.1. The van der Waals surface area contributed by atoms with E-state index in [-0.39, 0.29) is 12.0 Å². The lowest BCUT2D eigenvalue weighted by molar-refractivity contribution is 0.0905. The van der Waals surface area contributed by atoms with Crippen molar-refractivity contribution in [3.8, 4) is 5.75 Å². The van der Waals surface area contributed by atoms with Gasteiger partial charge in [0.05, 0.1) is 24.5 Å². The Morgan fingerprint density at radius 1 is 1.39 bits per heavy atom. The second-order valence-corrected chi connectivity index (χ2v) is 8.06. The van der Waals surface area contributed by atoms with Gasteiger partial charge in [0.1, 0.15) is 17.1 Å². The van der Waals surface area contributed by atoms with Crippen molar-refractivity contribution < 1.29 is 14.3 Å². The monoisotopic (exact) mass is 399 g/mol. The summed E-state index contributed by atoms with van der Waals surface area (Å²) in [6.07, 6.45) is 3.83. The molecule has 0 radical (unpaired) electrons. The summed E-state index contributed by atoms with van der Waals surface area (Å²) in [5.41, 5.74) is 0.765. The minimum atomic E-state index is -0.172. The highest BCUT2D eigenvalue weighted by Crippen LogP contribution is 2.35. The zero-order chi connectivity index (χ0) is 19.1. The first-order valence-electron chi connectivity index (χ1n) is 9.53. The van der Waals surface area contributed by atoms with Gasteiger partial charge in [0.15, 0.2) is 5.13 Å². The number of amides is 1. The van der Waals surface area contributed by atoms with E-state index in [1.54, 1.807) is 12.0 Å². The van der Waals surface area contributed by atoms with Crippen LogP contribution in [0.4, 0.5) is 5.13 Å². The first kappa shape index (κ1) is 17.6. The molecule has 1 aromatic carbocycles.